The predicted molar refractivity (Wildman–Crippen MR) is 62.9 cm³/mol. The quantitative estimate of drug-likeness (QED) is 0.868. The van der Waals surface area contributed by atoms with Crippen molar-refractivity contribution in [3.8, 4) is 5.75 Å². The summed E-state index contributed by atoms with van der Waals surface area (Å²) in [6.07, 6.45) is -0.505. The van der Waals surface area contributed by atoms with Gasteiger partial charge in [-0.25, -0.2) is 4.79 Å². The van der Waals surface area contributed by atoms with Crippen molar-refractivity contribution in [3.05, 3.63) is 42.1 Å². The molecule has 0 bridgehead atoms. The third-order valence-electron chi connectivity index (χ3n) is 1.81. The first-order valence-corrected chi connectivity index (χ1v) is 5.48. The molecule has 5 heteroatoms. The molecule has 0 radical (unpaired) electrons. The molecule has 2 rings (SSSR count). The lowest BCUT2D eigenvalue weighted by molar-refractivity contribution is 0.215. The van der Waals surface area contributed by atoms with Gasteiger partial charge in [-0.05, 0) is 36.7 Å². The molecule has 0 aliphatic rings. The zero-order valence-electron chi connectivity index (χ0n) is 8.64. The number of rotatable bonds is 2. The lowest BCUT2D eigenvalue weighted by Crippen LogP contribution is -2.15. The van der Waals surface area contributed by atoms with Crippen molar-refractivity contribution < 1.29 is 9.53 Å². The molecule has 1 N–H and O–H groups in total. The van der Waals surface area contributed by atoms with Gasteiger partial charge in [-0.3, -0.25) is 5.32 Å². The van der Waals surface area contributed by atoms with Gasteiger partial charge in [-0.2, -0.15) is 4.37 Å². The van der Waals surface area contributed by atoms with E-state index in [1.54, 1.807) is 30.3 Å². The Morgan fingerprint density at radius 1 is 1.38 bits per heavy atom. The number of carbonyl (C=O) groups excluding carboxylic acids is 1. The molecule has 2 aromatic rings. The minimum Gasteiger partial charge on any atom is -0.410 e. The third kappa shape index (κ3) is 2.80. The second-order valence-electron chi connectivity index (χ2n) is 3.16. The molecule has 0 atom stereocenters. The van der Waals surface area contributed by atoms with Crippen LogP contribution in [0.25, 0.3) is 0 Å². The molecule has 1 aromatic heterocycles. The van der Waals surface area contributed by atoms with E-state index >= 15 is 0 Å². The number of aromatic nitrogens is 1. The van der Waals surface area contributed by atoms with Crippen molar-refractivity contribution in [1.29, 1.82) is 0 Å². The second-order valence-corrected chi connectivity index (χ2v) is 3.97. The maximum Gasteiger partial charge on any atom is 0.417 e. The van der Waals surface area contributed by atoms with Gasteiger partial charge >= 0.3 is 6.09 Å². The van der Waals surface area contributed by atoms with E-state index in [2.05, 4.69) is 9.69 Å². The van der Waals surface area contributed by atoms with E-state index in [0.29, 0.717) is 10.8 Å². The number of hydrogen-bond acceptors (Lipinski definition) is 4. The van der Waals surface area contributed by atoms with Crippen molar-refractivity contribution in [1.82, 2.24) is 4.37 Å². The Hall–Kier alpha value is -1.88. The molecular weight excluding hydrogens is 224 g/mol. The molecule has 0 spiro atoms. The van der Waals surface area contributed by atoms with Crippen LogP contribution in [-0.2, 0) is 0 Å². The fourth-order valence-electron chi connectivity index (χ4n) is 1.14. The summed E-state index contributed by atoms with van der Waals surface area (Å²) in [6.45, 7) is 1.87. The van der Waals surface area contributed by atoms with Crippen LogP contribution in [0.1, 0.15) is 5.69 Å². The van der Waals surface area contributed by atoms with Crippen molar-refractivity contribution in [3.63, 3.8) is 0 Å². The number of anilines is 1. The Kier molecular flexibility index (Phi) is 3.16. The molecule has 1 amide bonds. The number of benzene rings is 1. The van der Waals surface area contributed by atoms with Crippen molar-refractivity contribution in [2.45, 2.75) is 6.92 Å². The summed E-state index contributed by atoms with van der Waals surface area (Å²) >= 11 is 1.23. The van der Waals surface area contributed by atoms with Crippen molar-refractivity contribution >= 4 is 22.6 Å². The number of nitrogens with one attached hydrogen (secondary N) is 1. The molecule has 4 nitrogen and oxygen atoms in total. The molecule has 82 valence electrons. The van der Waals surface area contributed by atoms with Crippen LogP contribution < -0.4 is 10.1 Å². The average Bonchev–Trinajstić information content (AvgIpc) is 2.65. The smallest absolute Gasteiger partial charge is 0.410 e. The molecular formula is C11H10N2O2S. The first-order valence-electron chi connectivity index (χ1n) is 4.71. The van der Waals surface area contributed by atoms with Gasteiger partial charge in [-0.15, -0.1) is 0 Å². The summed E-state index contributed by atoms with van der Waals surface area (Å²) in [6, 6.07) is 10.7. The van der Waals surface area contributed by atoms with Crippen LogP contribution in [0, 0.1) is 6.92 Å². The van der Waals surface area contributed by atoms with E-state index in [1.165, 1.54) is 11.5 Å². The molecule has 0 unspecified atom stereocenters. The Labute approximate surface area is 97.0 Å². The van der Waals surface area contributed by atoms with E-state index in [1.807, 2.05) is 13.0 Å². The fraction of sp³-hybridized carbons (Fsp3) is 0.0909. The van der Waals surface area contributed by atoms with Gasteiger partial charge in [0.2, 0.25) is 0 Å². The first-order chi connectivity index (χ1) is 7.74. The van der Waals surface area contributed by atoms with E-state index in [0.717, 1.165) is 5.69 Å². The molecule has 1 heterocycles. The van der Waals surface area contributed by atoms with Crippen LogP contribution in [-0.4, -0.2) is 10.5 Å². The highest BCUT2D eigenvalue weighted by molar-refractivity contribution is 7.10. The molecule has 0 fully saturated rings. The molecule has 0 aliphatic heterocycles. The van der Waals surface area contributed by atoms with E-state index in [9.17, 15) is 4.79 Å². The van der Waals surface area contributed by atoms with Crippen LogP contribution in [0.15, 0.2) is 36.4 Å². The number of para-hydroxylation sites is 1. The molecule has 0 saturated carbocycles. The van der Waals surface area contributed by atoms with Gasteiger partial charge in [0.15, 0.2) is 0 Å². The minimum atomic E-state index is -0.505. The largest absolute Gasteiger partial charge is 0.417 e. The van der Waals surface area contributed by atoms with Gasteiger partial charge in [0.25, 0.3) is 0 Å². The molecule has 0 saturated heterocycles. The maximum absolute atomic E-state index is 11.4. The number of aryl methyl sites for hydroxylation is 1. The Bertz CT molecular complexity index is 482. The maximum atomic E-state index is 11.4. The molecule has 16 heavy (non-hydrogen) atoms. The van der Waals surface area contributed by atoms with Gasteiger partial charge in [0, 0.05) is 0 Å². The number of hydrogen-bond donors (Lipinski definition) is 1. The van der Waals surface area contributed by atoms with Gasteiger partial charge in [0.05, 0.1) is 5.69 Å². The Morgan fingerprint density at radius 3 is 2.75 bits per heavy atom. The highest BCUT2D eigenvalue weighted by Crippen LogP contribution is 2.16. The topological polar surface area (TPSA) is 51.2 Å². The lowest BCUT2D eigenvalue weighted by Gasteiger charge is -2.03. The fourth-order valence-corrected chi connectivity index (χ4v) is 1.79. The van der Waals surface area contributed by atoms with Crippen LogP contribution in [0.3, 0.4) is 0 Å². The summed E-state index contributed by atoms with van der Waals surface area (Å²) in [5.41, 5.74) is 0.875. The monoisotopic (exact) mass is 234 g/mol. The van der Waals surface area contributed by atoms with Gasteiger partial charge < -0.3 is 4.74 Å². The van der Waals surface area contributed by atoms with Crippen LogP contribution >= 0.6 is 11.5 Å². The highest BCUT2D eigenvalue weighted by Gasteiger charge is 2.06. The normalized spacial score (nSPS) is 9.81. The van der Waals surface area contributed by atoms with Crippen LogP contribution in [0.4, 0.5) is 9.80 Å². The summed E-state index contributed by atoms with van der Waals surface area (Å²) in [5.74, 6) is 0.515. The number of carbonyl (C=O) groups is 1. The first kappa shape index (κ1) is 10.6. The summed E-state index contributed by atoms with van der Waals surface area (Å²) in [5, 5.41) is 3.29. The Balaban J connectivity index is 1.95. The van der Waals surface area contributed by atoms with Crippen LogP contribution in [0.2, 0.25) is 0 Å². The number of amides is 1. The SMILES string of the molecule is Cc1cc(NC(=O)Oc2ccccc2)sn1. The summed E-state index contributed by atoms with van der Waals surface area (Å²) in [4.78, 5) is 11.4. The summed E-state index contributed by atoms with van der Waals surface area (Å²) in [7, 11) is 0. The molecule has 1 aromatic carbocycles. The van der Waals surface area contributed by atoms with E-state index in [-0.39, 0.29) is 0 Å². The zero-order valence-corrected chi connectivity index (χ0v) is 9.45. The standard InChI is InChI=1S/C11H10N2O2S/c1-8-7-10(16-13-8)12-11(14)15-9-5-3-2-4-6-9/h2-7H,1H3,(H,12,14). The average molecular weight is 234 g/mol. The second kappa shape index (κ2) is 4.76. The predicted octanol–water partition coefficient (Wildman–Crippen LogP) is 3.06. The third-order valence-corrected chi connectivity index (χ3v) is 2.60. The zero-order chi connectivity index (χ0) is 11.4. The van der Waals surface area contributed by atoms with Crippen molar-refractivity contribution in [2.75, 3.05) is 5.32 Å². The van der Waals surface area contributed by atoms with Gasteiger partial charge in [-0.1, -0.05) is 18.2 Å². The van der Waals surface area contributed by atoms with Gasteiger partial charge in [0.1, 0.15) is 10.8 Å². The minimum absolute atomic E-state index is 0.505. The highest BCUT2D eigenvalue weighted by atomic mass is 32.1. The summed E-state index contributed by atoms with van der Waals surface area (Å²) < 4.78 is 9.10. The number of nitrogens with zero attached hydrogens (tertiary/aromatic N) is 1. The Morgan fingerprint density at radius 2 is 2.12 bits per heavy atom. The van der Waals surface area contributed by atoms with E-state index in [4.69, 9.17) is 4.74 Å². The number of ether oxygens (including phenoxy) is 1. The van der Waals surface area contributed by atoms with E-state index < -0.39 is 6.09 Å². The van der Waals surface area contributed by atoms with Crippen LogP contribution in [0.5, 0.6) is 5.75 Å². The van der Waals surface area contributed by atoms with Crippen molar-refractivity contribution in [2.24, 2.45) is 0 Å². The molecule has 0 aliphatic carbocycles. The lowest BCUT2D eigenvalue weighted by atomic mass is 10.3.